The highest BCUT2D eigenvalue weighted by Crippen LogP contribution is 2.32. The van der Waals surface area contributed by atoms with Crippen LogP contribution in [0.3, 0.4) is 0 Å². The highest BCUT2D eigenvalue weighted by molar-refractivity contribution is 7.80. The monoisotopic (exact) mass is 400 g/mol. The molecule has 0 unspecified atom stereocenters. The molecule has 0 amide bonds. The third-order valence-electron chi connectivity index (χ3n) is 5.09. The molecule has 2 aromatic rings. The summed E-state index contributed by atoms with van der Waals surface area (Å²) in [4.78, 5) is 1.53. The summed E-state index contributed by atoms with van der Waals surface area (Å²) < 4.78 is 16.3. The molecule has 0 radical (unpaired) electrons. The number of nitrogens with one attached hydrogen (secondary N) is 3. The summed E-state index contributed by atoms with van der Waals surface area (Å²) >= 11 is 5.58. The normalized spacial score (nSPS) is 17.1. The lowest BCUT2D eigenvalue weighted by Gasteiger charge is -2.29. The first-order valence-electron chi connectivity index (χ1n) is 9.67. The highest BCUT2D eigenvalue weighted by atomic mass is 32.1. The van der Waals surface area contributed by atoms with Crippen molar-refractivity contribution in [3.8, 4) is 11.5 Å². The number of hydrogen-bond acceptors (Lipinski definition) is 4. The van der Waals surface area contributed by atoms with Crippen molar-refractivity contribution in [2.45, 2.75) is 12.6 Å². The number of morpholine rings is 1. The first-order valence-corrected chi connectivity index (χ1v) is 10.1. The maximum Gasteiger partial charge on any atom is 0.231 e. The highest BCUT2D eigenvalue weighted by Gasteiger charge is 2.22. The largest absolute Gasteiger partial charge is 0.454 e. The van der Waals surface area contributed by atoms with Gasteiger partial charge in [-0.05, 0) is 35.5 Å². The lowest BCUT2D eigenvalue weighted by molar-refractivity contribution is -0.909. The zero-order chi connectivity index (χ0) is 19.2. The number of thiocarbonyl (C=S) groups is 1. The van der Waals surface area contributed by atoms with Gasteiger partial charge in [0.05, 0.1) is 13.2 Å². The van der Waals surface area contributed by atoms with Crippen LogP contribution in [0.4, 0.5) is 0 Å². The molecule has 4 rings (SSSR count). The standard InChI is InChI=1S/C21H25N3O3S/c28-21(22-13-16-6-7-19-20(12-16)27-15-26-19)23-18(17-4-2-1-3-5-17)14-24-8-10-25-11-9-24/h1-7,12,18H,8-11,13-15H2,(H2,22,23,28)/p+1/t18-/m0/s1. The van der Waals surface area contributed by atoms with Crippen molar-refractivity contribution in [2.75, 3.05) is 39.6 Å². The molecule has 0 aromatic heterocycles. The van der Waals surface area contributed by atoms with Crippen LogP contribution in [0.15, 0.2) is 48.5 Å². The number of rotatable bonds is 6. The predicted molar refractivity (Wildman–Crippen MR) is 111 cm³/mol. The molecule has 0 saturated carbocycles. The molecule has 1 fully saturated rings. The Balaban J connectivity index is 1.36. The molecule has 28 heavy (non-hydrogen) atoms. The van der Waals surface area contributed by atoms with E-state index < -0.39 is 0 Å². The second kappa shape index (κ2) is 9.23. The van der Waals surface area contributed by atoms with Crippen molar-refractivity contribution in [2.24, 2.45) is 0 Å². The minimum Gasteiger partial charge on any atom is -0.454 e. The van der Waals surface area contributed by atoms with Crippen LogP contribution >= 0.6 is 12.2 Å². The molecule has 3 N–H and O–H groups in total. The molecular formula is C21H26N3O3S+. The van der Waals surface area contributed by atoms with E-state index in [0.29, 0.717) is 11.7 Å². The fourth-order valence-corrected chi connectivity index (χ4v) is 3.75. The first-order chi connectivity index (χ1) is 13.8. The molecule has 2 aromatic carbocycles. The van der Waals surface area contributed by atoms with Gasteiger partial charge >= 0.3 is 0 Å². The van der Waals surface area contributed by atoms with E-state index in [4.69, 9.17) is 26.4 Å². The zero-order valence-corrected chi connectivity index (χ0v) is 16.6. The van der Waals surface area contributed by atoms with Gasteiger partial charge in [0, 0.05) is 6.54 Å². The Hall–Kier alpha value is -2.35. The maximum atomic E-state index is 5.58. The Bertz CT molecular complexity index is 797. The minimum absolute atomic E-state index is 0.158. The summed E-state index contributed by atoms with van der Waals surface area (Å²) in [7, 11) is 0. The Kier molecular flexibility index (Phi) is 6.26. The van der Waals surface area contributed by atoms with Crippen LogP contribution in [-0.4, -0.2) is 44.8 Å². The number of hydrogen-bond donors (Lipinski definition) is 3. The zero-order valence-electron chi connectivity index (χ0n) is 15.8. The van der Waals surface area contributed by atoms with Gasteiger partial charge in [0.2, 0.25) is 6.79 Å². The topological polar surface area (TPSA) is 56.2 Å². The van der Waals surface area contributed by atoms with Crippen molar-refractivity contribution in [3.05, 3.63) is 59.7 Å². The summed E-state index contributed by atoms with van der Waals surface area (Å²) in [6.45, 7) is 5.60. The quantitative estimate of drug-likeness (QED) is 0.630. The summed E-state index contributed by atoms with van der Waals surface area (Å²) in [5.41, 5.74) is 2.34. The van der Waals surface area contributed by atoms with E-state index in [1.54, 1.807) is 0 Å². The van der Waals surface area contributed by atoms with Gasteiger partial charge in [-0.1, -0.05) is 36.4 Å². The summed E-state index contributed by atoms with van der Waals surface area (Å²) in [5.74, 6) is 1.58. The molecular weight excluding hydrogens is 374 g/mol. The molecule has 0 spiro atoms. The molecule has 1 saturated heterocycles. The maximum absolute atomic E-state index is 5.58. The lowest BCUT2D eigenvalue weighted by Crippen LogP contribution is -3.14. The van der Waals surface area contributed by atoms with Crippen LogP contribution in [0.5, 0.6) is 11.5 Å². The van der Waals surface area contributed by atoms with E-state index in [1.165, 1.54) is 10.5 Å². The van der Waals surface area contributed by atoms with Gasteiger partial charge in [-0.25, -0.2) is 0 Å². The summed E-state index contributed by atoms with van der Waals surface area (Å²) in [6.07, 6.45) is 0. The smallest absolute Gasteiger partial charge is 0.231 e. The van der Waals surface area contributed by atoms with Gasteiger partial charge in [0.1, 0.15) is 25.7 Å². The number of ether oxygens (including phenoxy) is 3. The lowest BCUT2D eigenvalue weighted by atomic mass is 10.1. The van der Waals surface area contributed by atoms with Gasteiger partial charge in [0.25, 0.3) is 0 Å². The fraction of sp³-hybridized carbons (Fsp3) is 0.381. The van der Waals surface area contributed by atoms with E-state index in [2.05, 4.69) is 34.9 Å². The van der Waals surface area contributed by atoms with Crippen molar-refractivity contribution in [1.82, 2.24) is 10.6 Å². The van der Waals surface area contributed by atoms with E-state index in [1.807, 2.05) is 24.3 Å². The van der Waals surface area contributed by atoms with E-state index >= 15 is 0 Å². The predicted octanol–water partition coefficient (Wildman–Crippen LogP) is 1.04. The van der Waals surface area contributed by atoms with E-state index in [-0.39, 0.29) is 12.8 Å². The summed E-state index contributed by atoms with van der Waals surface area (Å²) in [6, 6.07) is 16.6. The third kappa shape index (κ3) is 4.92. The molecule has 1 atom stereocenters. The average Bonchev–Trinajstić information content (AvgIpc) is 3.21. The van der Waals surface area contributed by atoms with Crippen molar-refractivity contribution >= 4 is 17.3 Å². The molecule has 0 bridgehead atoms. The molecule has 0 aliphatic carbocycles. The average molecular weight is 401 g/mol. The second-order valence-electron chi connectivity index (χ2n) is 7.04. The van der Waals surface area contributed by atoms with Crippen LogP contribution in [-0.2, 0) is 11.3 Å². The van der Waals surface area contributed by atoms with E-state index in [0.717, 1.165) is 49.9 Å². The molecule has 2 aliphatic heterocycles. The summed E-state index contributed by atoms with van der Waals surface area (Å²) in [5, 5.41) is 7.48. The van der Waals surface area contributed by atoms with Crippen LogP contribution in [0.2, 0.25) is 0 Å². The molecule has 148 valence electrons. The first kappa shape index (κ1) is 19.0. The van der Waals surface area contributed by atoms with Crippen molar-refractivity contribution in [1.29, 1.82) is 0 Å². The van der Waals surface area contributed by atoms with Gasteiger partial charge in [0.15, 0.2) is 16.6 Å². The van der Waals surface area contributed by atoms with Crippen LogP contribution in [0.1, 0.15) is 17.2 Å². The Labute approximate surface area is 170 Å². The van der Waals surface area contributed by atoms with Gasteiger partial charge in [-0.15, -0.1) is 0 Å². The van der Waals surface area contributed by atoms with Crippen molar-refractivity contribution in [3.63, 3.8) is 0 Å². The third-order valence-corrected chi connectivity index (χ3v) is 5.35. The Morgan fingerprint density at radius 1 is 1.04 bits per heavy atom. The minimum atomic E-state index is 0.158. The SMILES string of the molecule is S=C(NCc1ccc2c(c1)OCO2)N[C@@H](C[NH+]1CCOCC1)c1ccccc1. The molecule has 2 aliphatic rings. The molecule has 6 nitrogen and oxygen atoms in total. The Morgan fingerprint density at radius 3 is 2.64 bits per heavy atom. The van der Waals surface area contributed by atoms with Gasteiger partial charge in [-0.2, -0.15) is 0 Å². The Morgan fingerprint density at radius 2 is 1.82 bits per heavy atom. The number of benzene rings is 2. The van der Waals surface area contributed by atoms with Gasteiger partial charge in [-0.3, -0.25) is 0 Å². The van der Waals surface area contributed by atoms with Crippen LogP contribution < -0.4 is 25.0 Å². The van der Waals surface area contributed by atoms with E-state index in [9.17, 15) is 0 Å². The van der Waals surface area contributed by atoms with Crippen LogP contribution in [0, 0.1) is 0 Å². The molecule has 7 heteroatoms. The fourth-order valence-electron chi connectivity index (χ4n) is 3.53. The van der Waals surface area contributed by atoms with Crippen LogP contribution in [0.25, 0.3) is 0 Å². The number of quaternary nitrogens is 1. The second-order valence-corrected chi connectivity index (χ2v) is 7.45. The molecule has 2 heterocycles. The van der Waals surface area contributed by atoms with Gasteiger partial charge < -0.3 is 29.7 Å². The number of fused-ring (bicyclic) bond motifs is 1. The van der Waals surface area contributed by atoms with Crippen molar-refractivity contribution < 1.29 is 19.1 Å².